The van der Waals surface area contributed by atoms with Gasteiger partial charge in [-0.2, -0.15) is 4.98 Å². The molecule has 1 saturated heterocycles. The summed E-state index contributed by atoms with van der Waals surface area (Å²) in [6.07, 6.45) is 3.77. The van der Waals surface area contributed by atoms with Crippen LogP contribution in [0, 0.1) is 5.92 Å². The lowest BCUT2D eigenvalue weighted by molar-refractivity contribution is -0.117. The van der Waals surface area contributed by atoms with Crippen LogP contribution in [0.2, 0.25) is 0 Å². The van der Waals surface area contributed by atoms with E-state index >= 15 is 0 Å². The highest BCUT2D eigenvalue weighted by atomic mass is 16.5. The molecule has 1 N–H and O–H groups in total. The van der Waals surface area contributed by atoms with E-state index in [2.05, 4.69) is 44.6 Å². The molecule has 0 radical (unpaired) electrons. The van der Waals surface area contributed by atoms with E-state index in [-0.39, 0.29) is 11.8 Å². The number of ether oxygens (including phenoxy) is 1. The maximum absolute atomic E-state index is 12.0. The summed E-state index contributed by atoms with van der Waals surface area (Å²) >= 11 is 0. The van der Waals surface area contributed by atoms with Gasteiger partial charge >= 0.3 is 0 Å². The third-order valence-electron chi connectivity index (χ3n) is 5.32. The number of pyridine rings is 1. The van der Waals surface area contributed by atoms with E-state index in [1.54, 1.807) is 4.52 Å². The van der Waals surface area contributed by atoms with E-state index < -0.39 is 0 Å². The molecule has 2 aromatic heterocycles. The molecule has 3 heterocycles. The van der Waals surface area contributed by atoms with E-state index in [0.29, 0.717) is 5.95 Å². The van der Waals surface area contributed by atoms with Crippen molar-refractivity contribution in [3.8, 4) is 11.1 Å². The second kappa shape index (κ2) is 7.33. The molecular formula is C21H23N5O2. The Hall–Kier alpha value is -2.77. The number of aromatic nitrogens is 3. The number of anilines is 1. The summed E-state index contributed by atoms with van der Waals surface area (Å²) < 4.78 is 7.14. The van der Waals surface area contributed by atoms with Crippen molar-refractivity contribution in [2.75, 3.05) is 31.6 Å². The Balaban J connectivity index is 1.37. The Kier molecular flexibility index (Phi) is 4.54. The van der Waals surface area contributed by atoms with Crippen LogP contribution in [-0.2, 0) is 16.1 Å². The topological polar surface area (TPSA) is 71.8 Å². The summed E-state index contributed by atoms with van der Waals surface area (Å²) in [7, 11) is 0. The van der Waals surface area contributed by atoms with Crippen LogP contribution >= 0.6 is 0 Å². The molecule has 1 aliphatic heterocycles. The van der Waals surface area contributed by atoms with Crippen molar-refractivity contribution in [3.63, 3.8) is 0 Å². The van der Waals surface area contributed by atoms with E-state index in [4.69, 9.17) is 4.74 Å². The van der Waals surface area contributed by atoms with Crippen LogP contribution in [0.5, 0.6) is 0 Å². The highest BCUT2D eigenvalue weighted by Crippen LogP contribution is 2.30. The van der Waals surface area contributed by atoms with Gasteiger partial charge < -0.3 is 4.74 Å². The molecule has 2 fully saturated rings. The van der Waals surface area contributed by atoms with Crippen LogP contribution in [0.25, 0.3) is 16.8 Å². The van der Waals surface area contributed by atoms with Crippen molar-refractivity contribution in [2.45, 2.75) is 19.4 Å². The van der Waals surface area contributed by atoms with Gasteiger partial charge in [0.15, 0.2) is 5.65 Å². The lowest BCUT2D eigenvalue weighted by Gasteiger charge is -2.26. The molecule has 0 bridgehead atoms. The molecule has 1 aliphatic carbocycles. The summed E-state index contributed by atoms with van der Waals surface area (Å²) in [6, 6.07) is 12.6. The quantitative estimate of drug-likeness (QED) is 0.740. The monoisotopic (exact) mass is 377 g/mol. The molecule has 1 saturated carbocycles. The fraction of sp³-hybridized carbons (Fsp3) is 0.381. The third-order valence-corrected chi connectivity index (χ3v) is 5.32. The second-order valence-electron chi connectivity index (χ2n) is 7.47. The number of morpholine rings is 1. The van der Waals surface area contributed by atoms with Crippen molar-refractivity contribution >= 4 is 17.5 Å². The van der Waals surface area contributed by atoms with Gasteiger partial charge in [0, 0.05) is 37.3 Å². The third kappa shape index (κ3) is 3.63. The minimum atomic E-state index is 0.0184. The van der Waals surface area contributed by atoms with Crippen LogP contribution in [0.1, 0.15) is 18.4 Å². The Labute approximate surface area is 163 Å². The van der Waals surface area contributed by atoms with Crippen molar-refractivity contribution < 1.29 is 9.53 Å². The summed E-state index contributed by atoms with van der Waals surface area (Å²) in [4.78, 5) is 19.0. The lowest BCUT2D eigenvalue weighted by atomic mass is 10.0. The van der Waals surface area contributed by atoms with E-state index in [9.17, 15) is 4.79 Å². The molecule has 1 amide bonds. The number of fused-ring (bicyclic) bond motifs is 1. The highest BCUT2D eigenvalue weighted by molar-refractivity contribution is 5.93. The summed E-state index contributed by atoms with van der Waals surface area (Å²) in [5, 5.41) is 7.23. The Morgan fingerprint density at radius 1 is 1.14 bits per heavy atom. The smallest absolute Gasteiger partial charge is 0.249 e. The SMILES string of the molecule is O=C(Nc1nc2c(-c3ccc(CN4CCOCC4)cc3)cccn2n1)C1CC1. The summed E-state index contributed by atoms with van der Waals surface area (Å²) in [5.41, 5.74) is 4.12. The first-order valence-electron chi connectivity index (χ1n) is 9.82. The molecule has 7 heteroatoms. The molecule has 28 heavy (non-hydrogen) atoms. The predicted octanol–water partition coefficient (Wildman–Crippen LogP) is 2.58. The van der Waals surface area contributed by atoms with Gasteiger partial charge in [0.05, 0.1) is 13.2 Å². The van der Waals surface area contributed by atoms with Gasteiger partial charge in [0.1, 0.15) is 0 Å². The number of nitrogens with one attached hydrogen (secondary N) is 1. The fourth-order valence-corrected chi connectivity index (χ4v) is 3.55. The molecule has 0 atom stereocenters. The van der Waals surface area contributed by atoms with Gasteiger partial charge in [-0.1, -0.05) is 24.3 Å². The summed E-state index contributed by atoms with van der Waals surface area (Å²) in [6.45, 7) is 4.53. The number of hydrogen-bond donors (Lipinski definition) is 1. The first-order chi connectivity index (χ1) is 13.8. The second-order valence-corrected chi connectivity index (χ2v) is 7.47. The molecule has 144 valence electrons. The molecule has 0 spiro atoms. The van der Waals surface area contributed by atoms with Gasteiger partial charge in [-0.25, -0.2) is 4.52 Å². The van der Waals surface area contributed by atoms with E-state index in [1.807, 2.05) is 18.3 Å². The highest BCUT2D eigenvalue weighted by Gasteiger charge is 2.30. The average molecular weight is 377 g/mol. The number of carbonyl (C=O) groups excluding carboxylic acids is 1. The summed E-state index contributed by atoms with van der Waals surface area (Å²) in [5.74, 6) is 0.517. The molecule has 7 nitrogen and oxygen atoms in total. The van der Waals surface area contributed by atoms with Gasteiger partial charge in [-0.15, -0.1) is 5.10 Å². The van der Waals surface area contributed by atoms with Crippen LogP contribution in [-0.4, -0.2) is 51.7 Å². The van der Waals surface area contributed by atoms with Gasteiger partial charge in [-0.05, 0) is 36.1 Å². The van der Waals surface area contributed by atoms with E-state index in [1.165, 1.54) is 5.56 Å². The normalized spacial score (nSPS) is 17.7. The standard InChI is InChI=1S/C21H23N5O2/c27-20(17-7-8-17)23-21-22-19-18(2-1-9-26(19)24-21)16-5-3-15(4-6-16)14-25-10-12-28-13-11-25/h1-6,9,17H,7-8,10-14H2,(H,23,24,27). The Morgan fingerprint density at radius 3 is 2.68 bits per heavy atom. The molecular weight excluding hydrogens is 354 g/mol. The molecule has 0 unspecified atom stereocenters. The van der Waals surface area contributed by atoms with Crippen LogP contribution in [0.4, 0.5) is 5.95 Å². The maximum atomic E-state index is 12.0. The number of amides is 1. The molecule has 2 aliphatic rings. The maximum Gasteiger partial charge on any atom is 0.249 e. The molecule has 5 rings (SSSR count). The van der Waals surface area contributed by atoms with Gasteiger partial charge in [0.2, 0.25) is 11.9 Å². The van der Waals surface area contributed by atoms with Crippen LogP contribution in [0.3, 0.4) is 0 Å². The van der Waals surface area contributed by atoms with Gasteiger partial charge in [-0.3, -0.25) is 15.0 Å². The fourth-order valence-electron chi connectivity index (χ4n) is 3.55. The molecule has 3 aromatic rings. The van der Waals surface area contributed by atoms with Crippen LogP contribution < -0.4 is 5.32 Å². The minimum Gasteiger partial charge on any atom is -0.379 e. The number of carbonyl (C=O) groups is 1. The van der Waals surface area contributed by atoms with Crippen molar-refractivity contribution in [1.82, 2.24) is 19.5 Å². The van der Waals surface area contributed by atoms with Crippen molar-refractivity contribution in [3.05, 3.63) is 48.2 Å². The number of nitrogens with zero attached hydrogens (tertiary/aromatic N) is 4. The van der Waals surface area contributed by atoms with Crippen LogP contribution in [0.15, 0.2) is 42.6 Å². The van der Waals surface area contributed by atoms with Gasteiger partial charge in [0.25, 0.3) is 0 Å². The zero-order chi connectivity index (χ0) is 18.9. The first-order valence-corrected chi connectivity index (χ1v) is 9.82. The number of hydrogen-bond acceptors (Lipinski definition) is 5. The lowest BCUT2D eigenvalue weighted by Crippen LogP contribution is -2.35. The first kappa shape index (κ1) is 17.3. The average Bonchev–Trinajstić information content (AvgIpc) is 3.49. The minimum absolute atomic E-state index is 0.0184. The van der Waals surface area contributed by atoms with Crippen molar-refractivity contribution in [1.29, 1.82) is 0 Å². The largest absolute Gasteiger partial charge is 0.379 e. The number of benzene rings is 1. The molecule has 1 aromatic carbocycles. The predicted molar refractivity (Wildman–Crippen MR) is 106 cm³/mol. The zero-order valence-corrected chi connectivity index (χ0v) is 15.7. The van der Waals surface area contributed by atoms with E-state index in [0.717, 1.165) is 62.5 Å². The van der Waals surface area contributed by atoms with Crippen molar-refractivity contribution in [2.24, 2.45) is 5.92 Å². The Morgan fingerprint density at radius 2 is 1.93 bits per heavy atom. The Bertz CT molecular complexity index is 988. The zero-order valence-electron chi connectivity index (χ0n) is 15.7. The number of rotatable bonds is 5.